The van der Waals surface area contributed by atoms with Crippen LogP contribution in [0.1, 0.15) is 69.3 Å². The number of anilines is 1. The summed E-state index contributed by atoms with van der Waals surface area (Å²) in [5.41, 5.74) is -1.22. The van der Waals surface area contributed by atoms with Crippen LogP contribution in [-0.4, -0.2) is 34.5 Å². The number of carboxylic acids is 1. The molecule has 0 spiro atoms. The summed E-state index contributed by atoms with van der Waals surface area (Å²) < 4.78 is 10.6. The van der Waals surface area contributed by atoms with E-state index < -0.39 is 29.4 Å². The predicted octanol–water partition coefficient (Wildman–Crippen LogP) is 4.99. The minimum absolute atomic E-state index is 0.00431. The van der Waals surface area contributed by atoms with E-state index >= 15 is 0 Å². The normalized spacial score (nSPS) is 11.8. The summed E-state index contributed by atoms with van der Waals surface area (Å²) in [4.78, 5) is 38.6. The summed E-state index contributed by atoms with van der Waals surface area (Å²) in [5, 5.41) is 9.64. The fraction of sp³-hybridized carbons (Fsp3) is 0.611. The van der Waals surface area contributed by atoms with Crippen molar-refractivity contribution in [2.24, 2.45) is 0 Å². The quantitative estimate of drug-likeness (QED) is 0.787. The molecule has 1 rings (SSSR count). The van der Waals surface area contributed by atoms with Crippen molar-refractivity contribution in [2.45, 2.75) is 73.0 Å². The van der Waals surface area contributed by atoms with Gasteiger partial charge in [-0.15, -0.1) is 11.3 Å². The Morgan fingerprint density at radius 3 is 1.73 bits per heavy atom. The van der Waals surface area contributed by atoms with Gasteiger partial charge in [0.2, 0.25) is 0 Å². The van der Waals surface area contributed by atoms with Crippen LogP contribution >= 0.6 is 11.3 Å². The maximum absolute atomic E-state index is 12.7. The van der Waals surface area contributed by atoms with Crippen molar-refractivity contribution >= 4 is 34.5 Å². The van der Waals surface area contributed by atoms with Gasteiger partial charge in [0.05, 0.1) is 5.56 Å². The van der Waals surface area contributed by atoms with E-state index in [1.165, 1.54) is 0 Å². The van der Waals surface area contributed by atoms with Gasteiger partial charge in [-0.1, -0.05) is 6.92 Å². The molecule has 0 bridgehead atoms. The van der Waals surface area contributed by atoms with Crippen molar-refractivity contribution in [3.63, 3.8) is 0 Å². The lowest BCUT2D eigenvalue weighted by Gasteiger charge is -2.28. The van der Waals surface area contributed by atoms with Gasteiger partial charge in [-0.3, -0.25) is 0 Å². The molecule has 0 fully saturated rings. The molecular formula is C18H27NO6S. The van der Waals surface area contributed by atoms with Crippen molar-refractivity contribution in [3.05, 3.63) is 16.0 Å². The van der Waals surface area contributed by atoms with E-state index in [-0.39, 0.29) is 10.6 Å². The number of ether oxygens (including phenoxy) is 2. The second kappa shape index (κ2) is 7.65. The molecule has 0 saturated carbocycles. The minimum Gasteiger partial charge on any atom is -0.478 e. The maximum atomic E-state index is 12.7. The zero-order valence-electron chi connectivity index (χ0n) is 16.6. The molecule has 0 atom stereocenters. The van der Waals surface area contributed by atoms with Crippen LogP contribution in [0.3, 0.4) is 0 Å². The van der Waals surface area contributed by atoms with E-state index in [4.69, 9.17) is 9.47 Å². The number of aryl methyl sites for hydroxylation is 1. The van der Waals surface area contributed by atoms with Gasteiger partial charge in [0.1, 0.15) is 16.2 Å². The van der Waals surface area contributed by atoms with E-state index in [0.29, 0.717) is 16.9 Å². The van der Waals surface area contributed by atoms with Crippen molar-refractivity contribution in [1.82, 2.24) is 0 Å². The molecule has 0 radical (unpaired) electrons. The lowest BCUT2D eigenvalue weighted by Crippen LogP contribution is -2.44. The highest BCUT2D eigenvalue weighted by Gasteiger charge is 2.37. The van der Waals surface area contributed by atoms with Gasteiger partial charge in [-0.2, -0.15) is 4.90 Å². The van der Waals surface area contributed by atoms with Crippen LogP contribution in [0.5, 0.6) is 0 Å². The number of thiophene rings is 1. The van der Waals surface area contributed by atoms with Crippen LogP contribution in [0.4, 0.5) is 14.6 Å². The third-order valence-electron chi connectivity index (χ3n) is 3.11. The van der Waals surface area contributed by atoms with Crippen LogP contribution in [0.2, 0.25) is 0 Å². The number of nitrogens with zero attached hydrogens (tertiary/aromatic N) is 1. The van der Waals surface area contributed by atoms with Gasteiger partial charge >= 0.3 is 18.2 Å². The highest BCUT2D eigenvalue weighted by molar-refractivity contribution is 7.17. The first-order chi connectivity index (χ1) is 11.7. The molecule has 1 aromatic heterocycles. The van der Waals surface area contributed by atoms with Crippen LogP contribution < -0.4 is 4.90 Å². The summed E-state index contributed by atoms with van der Waals surface area (Å²) in [7, 11) is 0. The molecular weight excluding hydrogens is 358 g/mol. The maximum Gasteiger partial charge on any atom is 0.425 e. The fourth-order valence-corrected chi connectivity index (χ4v) is 3.43. The number of rotatable bonds is 3. The van der Waals surface area contributed by atoms with Crippen LogP contribution in [0, 0.1) is 6.92 Å². The van der Waals surface area contributed by atoms with Crippen LogP contribution in [-0.2, 0) is 15.9 Å². The van der Waals surface area contributed by atoms with Gasteiger partial charge in [-0.05, 0) is 60.5 Å². The van der Waals surface area contributed by atoms with Crippen molar-refractivity contribution < 1.29 is 29.0 Å². The summed E-state index contributed by atoms with van der Waals surface area (Å²) in [6.45, 7) is 13.5. The topological polar surface area (TPSA) is 93.1 Å². The summed E-state index contributed by atoms with van der Waals surface area (Å²) in [5.74, 6) is -1.21. The zero-order chi connectivity index (χ0) is 20.4. The first-order valence-electron chi connectivity index (χ1n) is 8.29. The monoisotopic (exact) mass is 385 g/mol. The third-order valence-corrected chi connectivity index (χ3v) is 4.25. The largest absolute Gasteiger partial charge is 0.478 e. The summed E-state index contributed by atoms with van der Waals surface area (Å²) in [6.07, 6.45) is -1.49. The molecule has 1 aromatic rings. The van der Waals surface area contributed by atoms with Gasteiger partial charge in [0.15, 0.2) is 0 Å². The Balaban J connectivity index is 3.53. The zero-order valence-corrected chi connectivity index (χ0v) is 17.4. The number of hydrogen-bond donors (Lipinski definition) is 1. The van der Waals surface area contributed by atoms with Gasteiger partial charge in [0, 0.05) is 4.88 Å². The van der Waals surface area contributed by atoms with E-state index in [9.17, 15) is 19.5 Å². The minimum atomic E-state index is -1.21. The Bertz CT molecular complexity index is 680. The van der Waals surface area contributed by atoms with Crippen molar-refractivity contribution in [3.8, 4) is 0 Å². The molecule has 0 saturated heterocycles. The molecule has 0 unspecified atom stereocenters. The van der Waals surface area contributed by atoms with Crippen LogP contribution in [0.25, 0.3) is 0 Å². The molecule has 8 heteroatoms. The van der Waals surface area contributed by atoms with E-state index in [0.717, 1.165) is 16.2 Å². The van der Waals surface area contributed by atoms with E-state index in [1.807, 2.05) is 6.92 Å². The standard InChI is InChI=1S/C18H27NO6S/c1-9-11-10(2)26-13(12(11)14(20)21)19(15(22)24-17(3,4)5)16(23)25-18(6,7)8/h9H2,1-8H3,(H,20,21). The Kier molecular flexibility index (Phi) is 6.46. The van der Waals surface area contributed by atoms with Gasteiger partial charge in [0.25, 0.3) is 0 Å². The Labute approximate surface area is 157 Å². The molecule has 26 heavy (non-hydrogen) atoms. The lowest BCUT2D eigenvalue weighted by molar-refractivity contribution is 0.0432. The Morgan fingerprint density at radius 1 is 1.00 bits per heavy atom. The average molecular weight is 385 g/mol. The molecule has 0 aliphatic carbocycles. The number of carboxylic acid groups (broad SMARTS) is 1. The second-order valence-corrected chi connectivity index (χ2v) is 8.97. The summed E-state index contributed by atoms with van der Waals surface area (Å²) in [6, 6.07) is 0. The number of hydrogen-bond acceptors (Lipinski definition) is 6. The molecule has 7 nitrogen and oxygen atoms in total. The van der Waals surface area contributed by atoms with Crippen molar-refractivity contribution in [2.75, 3.05) is 4.90 Å². The third kappa shape index (κ3) is 5.45. The number of carbonyl (C=O) groups is 3. The van der Waals surface area contributed by atoms with Gasteiger partial charge in [-0.25, -0.2) is 14.4 Å². The number of aromatic carboxylic acids is 1. The number of imide groups is 1. The summed E-state index contributed by atoms with van der Waals surface area (Å²) >= 11 is 1.05. The highest BCUT2D eigenvalue weighted by Crippen LogP contribution is 2.37. The smallest absolute Gasteiger partial charge is 0.425 e. The average Bonchev–Trinajstić information content (AvgIpc) is 2.70. The first-order valence-corrected chi connectivity index (χ1v) is 9.11. The molecule has 0 aliphatic rings. The Hall–Kier alpha value is -2.09. The number of carbonyl (C=O) groups excluding carboxylic acids is 2. The molecule has 1 N–H and O–H groups in total. The molecule has 146 valence electrons. The fourth-order valence-electron chi connectivity index (χ4n) is 2.22. The predicted molar refractivity (Wildman–Crippen MR) is 100 cm³/mol. The first kappa shape index (κ1) is 22.0. The molecule has 0 aromatic carbocycles. The van der Waals surface area contributed by atoms with Crippen LogP contribution in [0.15, 0.2) is 0 Å². The van der Waals surface area contributed by atoms with E-state index in [1.54, 1.807) is 48.5 Å². The van der Waals surface area contributed by atoms with Gasteiger partial charge < -0.3 is 14.6 Å². The molecule has 2 amide bonds. The lowest BCUT2D eigenvalue weighted by atomic mass is 10.1. The van der Waals surface area contributed by atoms with Crippen molar-refractivity contribution in [1.29, 1.82) is 0 Å². The highest BCUT2D eigenvalue weighted by atomic mass is 32.1. The molecule has 0 aliphatic heterocycles. The second-order valence-electron chi connectivity index (χ2n) is 7.77. The number of amides is 2. The SMILES string of the molecule is CCc1c(C)sc(N(C(=O)OC(C)(C)C)C(=O)OC(C)(C)C)c1C(=O)O. The molecule has 1 heterocycles. The Morgan fingerprint density at radius 2 is 1.42 bits per heavy atom. The van der Waals surface area contributed by atoms with E-state index in [2.05, 4.69) is 0 Å².